The average molecular weight is 395 g/mol. The van der Waals surface area contributed by atoms with Crippen molar-refractivity contribution in [3.8, 4) is 0 Å². The summed E-state index contributed by atoms with van der Waals surface area (Å²) in [5.74, 6) is -0.563. The molecule has 3 heterocycles. The van der Waals surface area contributed by atoms with E-state index in [0.29, 0.717) is 30.5 Å². The largest absolute Gasteiger partial charge is 0.366 e. The monoisotopic (exact) mass is 395 g/mol. The molecule has 2 aliphatic rings. The van der Waals surface area contributed by atoms with Crippen LogP contribution in [-0.2, 0) is 0 Å². The average Bonchev–Trinajstić information content (AvgIpc) is 3.27. The van der Waals surface area contributed by atoms with E-state index in [1.807, 2.05) is 18.2 Å². The molecule has 2 amide bonds. The molecule has 2 atom stereocenters. The Morgan fingerprint density at radius 1 is 1.07 bits per heavy atom. The number of primary amides is 1. The summed E-state index contributed by atoms with van der Waals surface area (Å²) in [6, 6.07) is 10.4. The summed E-state index contributed by atoms with van der Waals surface area (Å²) in [4.78, 5) is 31.8. The number of likely N-dealkylation sites (tertiary alicyclic amines) is 2. The van der Waals surface area contributed by atoms with Crippen molar-refractivity contribution < 1.29 is 14.0 Å². The minimum atomic E-state index is -0.706. The molecule has 29 heavy (non-hydrogen) atoms. The fraction of sp³-hybridized carbons (Fsp3) is 0.364. The van der Waals surface area contributed by atoms with Crippen molar-refractivity contribution in [2.45, 2.75) is 6.42 Å². The van der Waals surface area contributed by atoms with Gasteiger partial charge in [0.25, 0.3) is 5.91 Å². The number of benzene rings is 1. The second-order valence-electron chi connectivity index (χ2n) is 7.78. The lowest BCUT2D eigenvalue weighted by molar-refractivity contribution is 0.0768. The number of nitrogens with two attached hydrogens (primary N) is 1. The Hall–Kier alpha value is -2.80. The van der Waals surface area contributed by atoms with Gasteiger partial charge in [-0.15, -0.1) is 0 Å². The number of halogens is 1. The summed E-state index contributed by atoms with van der Waals surface area (Å²) in [5.41, 5.74) is 6.89. The molecule has 2 aliphatic heterocycles. The third-order valence-electron chi connectivity index (χ3n) is 5.87. The van der Waals surface area contributed by atoms with E-state index in [2.05, 4.69) is 16.3 Å². The summed E-state index contributed by atoms with van der Waals surface area (Å²) in [7, 11) is 0. The zero-order valence-corrected chi connectivity index (χ0v) is 16.1. The first kappa shape index (κ1) is 19.5. The van der Waals surface area contributed by atoms with Crippen molar-refractivity contribution in [3.05, 3.63) is 71.7 Å². The fourth-order valence-corrected chi connectivity index (χ4v) is 4.46. The molecular weight excluding hydrogens is 371 g/mol. The molecule has 1 aromatic heterocycles. The molecule has 151 valence electrons. The molecule has 1 radical (unpaired) electrons. The molecular formula is C22H24FN4O2. The standard InChI is InChI=1S/C22H24FN4O2/c23-20-19(8-3-9-25-20)22(29)27-13-16-11-26(12-17(16)14-27)10-4-6-15-5-1-2-7-18(15)21(24)28/h1-3,5-9,16-17H,4,10-14H2,(H2,24,28)/t16-,17?/m0/s1. The van der Waals surface area contributed by atoms with Crippen molar-refractivity contribution >= 4 is 11.8 Å². The molecule has 2 saturated heterocycles. The van der Waals surface area contributed by atoms with E-state index in [0.717, 1.165) is 31.6 Å². The smallest absolute Gasteiger partial charge is 0.258 e. The SMILES string of the molecule is NC(=O)c1ccccc1[CH]CCN1CC2CN(C(=O)c3cccnc3F)C[C@@H]2C1. The third-order valence-corrected chi connectivity index (χ3v) is 5.87. The molecule has 0 bridgehead atoms. The number of carbonyl (C=O) groups is 2. The summed E-state index contributed by atoms with van der Waals surface area (Å²) in [6.45, 7) is 4.06. The van der Waals surface area contributed by atoms with Gasteiger partial charge in [0, 0.05) is 37.9 Å². The Morgan fingerprint density at radius 3 is 2.45 bits per heavy atom. The first-order valence-electron chi connectivity index (χ1n) is 9.87. The lowest BCUT2D eigenvalue weighted by Crippen LogP contribution is -2.34. The van der Waals surface area contributed by atoms with Crippen molar-refractivity contribution in [2.75, 3.05) is 32.7 Å². The van der Waals surface area contributed by atoms with Gasteiger partial charge < -0.3 is 15.5 Å². The molecule has 1 unspecified atom stereocenters. The predicted octanol–water partition coefficient (Wildman–Crippen LogP) is 1.97. The molecule has 4 rings (SSSR count). The maximum atomic E-state index is 13.8. The molecule has 0 saturated carbocycles. The van der Waals surface area contributed by atoms with Gasteiger partial charge in [-0.25, -0.2) is 4.98 Å². The van der Waals surface area contributed by atoms with Gasteiger partial charge in [0.1, 0.15) is 0 Å². The lowest BCUT2D eigenvalue weighted by atomic mass is 10.0. The van der Waals surface area contributed by atoms with Crippen LogP contribution in [0.1, 0.15) is 32.7 Å². The second kappa shape index (κ2) is 8.29. The van der Waals surface area contributed by atoms with Crippen LogP contribution in [0.3, 0.4) is 0 Å². The van der Waals surface area contributed by atoms with Crippen molar-refractivity contribution in [3.63, 3.8) is 0 Å². The zero-order chi connectivity index (χ0) is 20.4. The molecule has 0 spiro atoms. The van der Waals surface area contributed by atoms with Crippen LogP contribution in [0.15, 0.2) is 42.6 Å². The van der Waals surface area contributed by atoms with E-state index >= 15 is 0 Å². The topological polar surface area (TPSA) is 79.5 Å². The quantitative estimate of drug-likeness (QED) is 0.759. The van der Waals surface area contributed by atoms with Gasteiger partial charge in [-0.05, 0) is 55.0 Å². The van der Waals surface area contributed by atoms with Crippen LogP contribution in [0.25, 0.3) is 0 Å². The highest BCUT2D eigenvalue weighted by Crippen LogP contribution is 2.32. The first-order valence-corrected chi connectivity index (χ1v) is 9.87. The van der Waals surface area contributed by atoms with Crippen LogP contribution in [0.2, 0.25) is 0 Å². The summed E-state index contributed by atoms with van der Waals surface area (Å²) in [5, 5.41) is 0. The lowest BCUT2D eigenvalue weighted by Gasteiger charge is -2.21. The first-order chi connectivity index (χ1) is 14.0. The Balaban J connectivity index is 1.27. The maximum Gasteiger partial charge on any atom is 0.258 e. The van der Waals surface area contributed by atoms with E-state index in [1.54, 1.807) is 17.0 Å². The van der Waals surface area contributed by atoms with Gasteiger partial charge in [0.2, 0.25) is 11.9 Å². The number of hydrogen-bond donors (Lipinski definition) is 1. The van der Waals surface area contributed by atoms with Gasteiger partial charge in [0.05, 0.1) is 5.56 Å². The van der Waals surface area contributed by atoms with E-state index in [9.17, 15) is 14.0 Å². The number of aromatic nitrogens is 1. The summed E-state index contributed by atoms with van der Waals surface area (Å²) < 4.78 is 13.8. The minimum absolute atomic E-state index is 0.0482. The second-order valence-corrected chi connectivity index (χ2v) is 7.78. The molecule has 0 aliphatic carbocycles. The summed E-state index contributed by atoms with van der Waals surface area (Å²) in [6.07, 6.45) is 4.23. The Bertz CT molecular complexity index is 905. The molecule has 7 heteroatoms. The number of pyridine rings is 1. The number of carbonyl (C=O) groups excluding carboxylic acids is 2. The van der Waals surface area contributed by atoms with Crippen LogP contribution in [0.5, 0.6) is 0 Å². The molecule has 6 nitrogen and oxygen atoms in total. The number of nitrogens with zero attached hydrogens (tertiary/aromatic N) is 3. The van der Waals surface area contributed by atoms with Crippen LogP contribution in [0, 0.1) is 24.2 Å². The highest BCUT2D eigenvalue weighted by atomic mass is 19.1. The molecule has 2 fully saturated rings. The Kier molecular flexibility index (Phi) is 5.58. The van der Waals surface area contributed by atoms with Crippen molar-refractivity contribution in [1.29, 1.82) is 0 Å². The number of hydrogen-bond acceptors (Lipinski definition) is 4. The molecule has 2 N–H and O–H groups in total. The maximum absolute atomic E-state index is 13.8. The Labute approximate surface area is 169 Å². The number of rotatable bonds is 6. The Morgan fingerprint density at radius 2 is 1.76 bits per heavy atom. The van der Waals surface area contributed by atoms with Gasteiger partial charge in [-0.2, -0.15) is 4.39 Å². The van der Waals surface area contributed by atoms with Gasteiger partial charge >= 0.3 is 0 Å². The number of fused-ring (bicyclic) bond motifs is 1. The van der Waals surface area contributed by atoms with Gasteiger partial charge in [-0.3, -0.25) is 9.59 Å². The van der Waals surface area contributed by atoms with Gasteiger partial charge in [0.15, 0.2) is 0 Å². The molecule has 2 aromatic rings. The number of amides is 2. The summed E-state index contributed by atoms with van der Waals surface area (Å²) >= 11 is 0. The minimum Gasteiger partial charge on any atom is -0.366 e. The van der Waals surface area contributed by atoms with Crippen LogP contribution in [0.4, 0.5) is 4.39 Å². The van der Waals surface area contributed by atoms with E-state index in [4.69, 9.17) is 5.73 Å². The van der Waals surface area contributed by atoms with Gasteiger partial charge in [-0.1, -0.05) is 18.2 Å². The normalized spacial score (nSPS) is 21.3. The van der Waals surface area contributed by atoms with Crippen LogP contribution < -0.4 is 5.73 Å². The predicted molar refractivity (Wildman–Crippen MR) is 106 cm³/mol. The molecule has 1 aromatic carbocycles. The van der Waals surface area contributed by atoms with Crippen LogP contribution >= 0.6 is 0 Å². The fourth-order valence-electron chi connectivity index (χ4n) is 4.46. The van der Waals surface area contributed by atoms with E-state index in [-0.39, 0.29) is 11.5 Å². The van der Waals surface area contributed by atoms with E-state index in [1.165, 1.54) is 12.3 Å². The third kappa shape index (κ3) is 4.15. The van der Waals surface area contributed by atoms with Crippen LogP contribution in [-0.4, -0.2) is 59.3 Å². The highest BCUT2D eigenvalue weighted by molar-refractivity contribution is 5.95. The zero-order valence-electron chi connectivity index (χ0n) is 16.1. The highest BCUT2D eigenvalue weighted by Gasteiger charge is 2.41. The van der Waals surface area contributed by atoms with Crippen molar-refractivity contribution in [1.82, 2.24) is 14.8 Å². The van der Waals surface area contributed by atoms with E-state index < -0.39 is 11.9 Å². The van der Waals surface area contributed by atoms with Crippen molar-refractivity contribution in [2.24, 2.45) is 17.6 Å².